The maximum absolute atomic E-state index is 5.73. The Balaban J connectivity index is 1.38. The van der Waals surface area contributed by atoms with E-state index in [9.17, 15) is 0 Å². The highest BCUT2D eigenvalue weighted by atomic mass is 14.9. The normalized spacial score (nSPS) is 37.1. The van der Waals surface area contributed by atoms with Crippen molar-refractivity contribution in [2.24, 2.45) is 45.9 Å². The van der Waals surface area contributed by atoms with Gasteiger partial charge in [-0.05, 0) is 154 Å². The highest BCUT2D eigenvalue weighted by molar-refractivity contribution is 6.10. The van der Waals surface area contributed by atoms with Crippen molar-refractivity contribution in [1.82, 2.24) is 4.48 Å². The van der Waals surface area contributed by atoms with Crippen LogP contribution in [0.4, 0.5) is 0 Å². The molecule has 0 saturated heterocycles. The second-order valence-electron chi connectivity index (χ2n) is 16.9. The van der Waals surface area contributed by atoms with Gasteiger partial charge >= 0.3 is 0 Å². The Morgan fingerprint density at radius 3 is 2.11 bits per heavy atom. The summed E-state index contributed by atoms with van der Waals surface area (Å²) in [7, 11) is 2.38. The van der Waals surface area contributed by atoms with E-state index in [0.29, 0.717) is 5.41 Å². The zero-order chi connectivity index (χ0) is 31.5. The summed E-state index contributed by atoms with van der Waals surface area (Å²) >= 11 is 0. The molecule has 4 aliphatic carbocycles. The lowest BCUT2D eigenvalue weighted by atomic mass is 9.54. The van der Waals surface area contributed by atoms with Crippen molar-refractivity contribution in [2.45, 2.75) is 130 Å². The first-order chi connectivity index (χ1) is 21.7. The van der Waals surface area contributed by atoms with Gasteiger partial charge in [0.2, 0.25) is 7.98 Å². The fraction of sp³-hybridized carbons (Fsp3) is 0.643. The van der Waals surface area contributed by atoms with E-state index in [-0.39, 0.29) is 5.41 Å². The lowest BCUT2D eigenvalue weighted by molar-refractivity contribution is 0.0633. The zero-order valence-electron chi connectivity index (χ0n) is 29.6. The molecule has 8 unspecified atom stereocenters. The Labute approximate surface area is 275 Å². The number of fused-ring (bicyclic) bond motifs is 4. The van der Waals surface area contributed by atoms with Crippen LogP contribution in [-0.4, -0.2) is 18.2 Å². The monoisotopic (exact) mass is 602 g/mol. The number of rotatable bonds is 7. The maximum Gasteiger partial charge on any atom is 0.223 e. The Morgan fingerprint density at radius 2 is 1.44 bits per heavy atom. The van der Waals surface area contributed by atoms with Crippen molar-refractivity contribution >= 4 is 19.3 Å². The van der Waals surface area contributed by atoms with Crippen LogP contribution in [0.1, 0.15) is 140 Å². The summed E-state index contributed by atoms with van der Waals surface area (Å²) in [5.41, 5.74) is 11.7. The topological polar surface area (TPSA) is 17.3 Å². The van der Waals surface area contributed by atoms with E-state index >= 15 is 0 Å². The molecular formula is C42H59BN2. The molecule has 1 aromatic carbocycles. The molecule has 240 valence electrons. The van der Waals surface area contributed by atoms with Crippen molar-refractivity contribution in [3.05, 3.63) is 76.3 Å². The van der Waals surface area contributed by atoms with Crippen LogP contribution in [0.15, 0.2) is 53.2 Å². The average Bonchev–Trinajstić information content (AvgIpc) is 3.65. The van der Waals surface area contributed by atoms with E-state index in [2.05, 4.69) is 96.5 Å². The van der Waals surface area contributed by atoms with Gasteiger partial charge in [-0.15, -0.1) is 0 Å². The number of aliphatic imine (C=N–C) groups is 1. The molecule has 2 nitrogen and oxygen atoms in total. The van der Waals surface area contributed by atoms with Crippen LogP contribution in [0.25, 0.3) is 5.57 Å². The van der Waals surface area contributed by atoms with E-state index in [0.717, 1.165) is 41.9 Å². The van der Waals surface area contributed by atoms with Gasteiger partial charge in [-0.25, -0.2) is 0 Å². The van der Waals surface area contributed by atoms with Crippen LogP contribution in [0.2, 0.25) is 0 Å². The molecule has 1 aliphatic heterocycles. The predicted octanol–water partition coefficient (Wildman–Crippen LogP) is 10.3. The highest BCUT2D eigenvalue weighted by Gasteiger charge is 2.49. The summed E-state index contributed by atoms with van der Waals surface area (Å²) < 4.78 is 2.63. The van der Waals surface area contributed by atoms with Gasteiger partial charge in [0.05, 0.1) is 5.70 Å². The van der Waals surface area contributed by atoms with Gasteiger partial charge in [-0.2, -0.15) is 0 Å². The molecule has 2 heterocycles. The first kappa shape index (κ1) is 31.3. The van der Waals surface area contributed by atoms with E-state index < -0.39 is 0 Å². The summed E-state index contributed by atoms with van der Waals surface area (Å²) in [6, 6.07) is 11.9. The summed E-state index contributed by atoms with van der Waals surface area (Å²) in [5.74, 6) is 5.09. The van der Waals surface area contributed by atoms with Gasteiger partial charge in [-0.1, -0.05) is 65.7 Å². The number of hydrogen-bond acceptors (Lipinski definition) is 1. The second kappa shape index (κ2) is 12.1. The molecule has 1 aromatic heterocycles. The van der Waals surface area contributed by atoms with E-state index in [4.69, 9.17) is 4.99 Å². The number of benzene rings is 1. The minimum Gasteiger partial charge on any atom is -0.396 e. The maximum atomic E-state index is 5.73. The van der Waals surface area contributed by atoms with Crippen LogP contribution in [0.3, 0.4) is 0 Å². The van der Waals surface area contributed by atoms with Crippen LogP contribution < -0.4 is 0 Å². The Morgan fingerprint density at radius 1 is 0.800 bits per heavy atom. The molecule has 4 bridgehead atoms. The standard InChI is InChI=1S/C42H59BN2/c1-7-30-19-32-17-27(4)21-41(23-30,25-32)37-15-13-35(44-37)40(39-29(6)11-10-12-34(39)9-3)36-14-16-38(45(36)43)42-22-28(5)18-33(26-42)20-31(8-2)24-42/h10-16,27-28,30-33H,7-9,17-26,43H2,1-6H3/b40-35+. The minimum absolute atomic E-state index is 0.257. The number of aryl methyl sites for hydroxylation is 2. The first-order valence-electron chi connectivity index (χ1n) is 18.9. The third-order valence-corrected chi connectivity index (χ3v) is 13.5. The van der Waals surface area contributed by atoms with E-state index in [1.807, 2.05) is 0 Å². The van der Waals surface area contributed by atoms with Gasteiger partial charge in [0.1, 0.15) is 0 Å². The highest BCUT2D eigenvalue weighted by Crippen LogP contribution is 2.57. The Hall–Kier alpha value is -2.29. The Kier molecular flexibility index (Phi) is 8.40. The van der Waals surface area contributed by atoms with Gasteiger partial charge in [0.25, 0.3) is 0 Å². The molecular weight excluding hydrogens is 543 g/mol. The average molecular weight is 603 g/mol. The minimum atomic E-state index is 0.257. The van der Waals surface area contributed by atoms with Crippen molar-refractivity contribution in [3.63, 3.8) is 0 Å². The molecule has 7 rings (SSSR count). The van der Waals surface area contributed by atoms with Gasteiger partial charge in [-0.3, -0.25) is 4.99 Å². The quantitative estimate of drug-likeness (QED) is 0.281. The van der Waals surface area contributed by atoms with Crippen molar-refractivity contribution in [2.75, 3.05) is 0 Å². The van der Waals surface area contributed by atoms with Crippen LogP contribution >= 0.6 is 0 Å². The molecule has 5 aliphatic rings. The smallest absolute Gasteiger partial charge is 0.223 e. The van der Waals surface area contributed by atoms with E-state index in [1.165, 1.54) is 116 Å². The Bertz CT molecular complexity index is 1510. The van der Waals surface area contributed by atoms with Crippen molar-refractivity contribution in [1.29, 1.82) is 0 Å². The summed E-state index contributed by atoms with van der Waals surface area (Å²) in [6.45, 7) is 14.5. The number of aromatic nitrogens is 1. The SMILES string of the molecule is Bn1c(/C(=C2/C=CC(C34CC(C)CC(CC(CC)C3)C4)=N2)c2c(C)cccc2CC)ccc1C12CC(C)CC(CC(CC)C1)C2. The van der Waals surface area contributed by atoms with E-state index in [1.54, 1.807) is 5.69 Å². The van der Waals surface area contributed by atoms with Crippen molar-refractivity contribution < 1.29 is 0 Å². The molecule has 4 saturated carbocycles. The number of hydrogen-bond donors (Lipinski definition) is 0. The fourth-order valence-corrected chi connectivity index (χ4v) is 12.1. The third kappa shape index (κ3) is 5.47. The molecule has 0 N–H and O–H groups in total. The summed E-state index contributed by atoms with van der Waals surface area (Å²) in [6.07, 6.45) is 22.3. The fourth-order valence-electron chi connectivity index (χ4n) is 12.1. The molecule has 4 fully saturated rings. The molecule has 3 heteroatoms. The van der Waals surface area contributed by atoms with Crippen molar-refractivity contribution in [3.8, 4) is 0 Å². The molecule has 45 heavy (non-hydrogen) atoms. The lowest BCUT2D eigenvalue weighted by Gasteiger charge is -2.51. The third-order valence-electron chi connectivity index (χ3n) is 13.5. The first-order valence-corrected chi connectivity index (χ1v) is 18.9. The predicted molar refractivity (Wildman–Crippen MR) is 195 cm³/mol. The van der Waals surface area contributed by atoms with Crippen LogP contribution in [0, 0.1) is 47.8 Å². The zero-order valence-corrected chi connectivity index (χ0v) is 29.6. The van der Waals surface area contributed by atoms with Gasteiger partial charge < -0.3 is 4.48 Å². The molecule has 2 aromatic rings. The van der Waals surface area contributed by atoms with Gasteiger partial charge in [0.15, 0.2) is 0 Å². The molecule has 0 radical (unpaired) electrons. The molecule has 0 spiro atoms. The molecule has 8 atom stereocenters. The second-order valence-corrected chi connectivity index (χ2v) is 16.9. The van der Waals surface area contributed by atoms with Gasteiger partial charge in [0, 0.05) is 33.5 Å². The summed E-state index contributed by atoms with van der Waals surface area (Å²) in [4.78, 5) is 5.73. The number of allylic oxidation sites excluding steroid dienone is 2. The van der Waals surface area contributed by atoms with Crippen LogP contribution in [-0.2, 0) is 11.8 Å². The lowest BCUT2D eigenvalue weighted by Crippen LogP contribution is -2.44. The largest absolute Gasteiger partial charge is 0.396 e. The van der Waals surface area contributed by atoms with Crippen LogP contribution in [0.5, 0.6) is 0 Å². The number of nitrogens with zero attached hydrogens (tertiary/aromatic N) is 2. The molecule has 0 amide bonds. The summed E-state index contributed by atoms with van der Waals surface area (Å²) in [5, 5.41) is 0.